The third kappa shape index (κ3) is 12.5. The molecule has 0 aliphatic carbocycles. The first-order valence-electron chi connectivity index (χ1n) is 12.6. The fraction of sp³-hybridized carbons (Fsp3) is 0.958. The highest BCUT2D eigenvalue weighted by atomic mass is 16.7. The van der Waals surface area contributed by atoms with E-state index >= 15 is 0 Å². The number of methoxy groups -OCH3 is 1. The Balaban J connectivity index is 2.27. The number of ether oxygens (including phenoxy) is 3. The largest absolute Gasteiger partial charge is 0.469 e. The van der Waals surface area contributed by atoms with Crippen molar-refractivity contribution in [1.82, 2.24) is 0 Å². The fourth-order valence-corrected chi connectivity index (χ4v) is 4.11. The summed E-state index contributed by atoms with van der Waals surface area (Å²) in [7, 11) is 1.29. The van der Waals surface area contributed by atoms with Crippen molar-refractivity contribution in [2.45, 2.75) is 127 Å². The van der Waals surface area contributed by atoms with Crippen LogP contribution in [0.25, 0.3) is 0 Å². The molecule has 6 atom stereocenters. The van der Waals surface area contributed by atoms with Crippen LogP contribution in [0, 0.1) is 0 Å². The third-order valence-corrected chi connectivity index (χ3v) is 6.23. The van der Waals surface area contributed by atoms with E-state index < -0.39 is 49.4 Å². The highest BCUT2D eigenvalue weighted by molar-refractivity contribution is 5.69. The molecule has 0 bridgehead atoms. The van der Waals surface area contributed by atoms with Gasteiger partial charge in [0.15, 0.2) is 6.29 Å². The van der Waals surface area contributed by atoms with E-state index in [2.05, 4.69) is 0 Å². The predicted octanol–water partition coefficient (Wildman–Crippen LogP) is 1.80. The van der Waals surface area contributed by atoms with Crippen molar-refractivity contribution in [3.63, 3.8) is 0 Å². The van der Waals surface area contributed by atoms with Gasteiger partial charge in [-0.05, 0) is 12.8 Å². The van der Waals surface area contributed by atoms with Crippen LogP contribution in [-0.2, 0) is 19.0 Å². The Morgan fingerprint density at radius 2 is 1.30 bits per heavy atom. The molecule has 0 aromatic rings. The van der Waals surface area contributed by atoms with Gasteiger partial charge in [0.1, 0.15) is 24.4 Å². The zero-order chi connectivity index (χ0) is 24.5. The van der Waals surface area contributed by atoms with Crippen molar-refractivity contribution in [2.75, 3.05) is 20.3 Å². The number of aliphatic hydroxyl groups is 5. The Hall–Kier alpha value is -0.810. The Morgan fingerprint density at radius 1 is 0.788 bits per heavy atom. The van der Waals surface area contributed by atoms with Crippen molar-refractivity contribution in [3.05, 3.63) is 0 Å². The zero-order valence-electron chi connectivity index (χ0n) is 20.1. The van der Waals surface area contributed by atoms with Gasteiger partial charge < -0.3 is 39.7 Å². The zero-order valence-corrected chi connectivity index (χ0v) is 20.1. The first-order valence-corrected chi connectivity index (χ1v) is 12.6. The van der Waals surface area contributed by atoms with Crippen LogP contribution in [0.3, 0.4) is 0 Å². The first-order chi connectivity index (χ1) is 15.9. The molecule has 0 amide bonds. The lowest BCUT2D eigenvalue weighted by Crippen LogP contribution is -2.59. The van der Waals surface area contributed by atoms with Gasteiger partial charge >= 0.3 is 5.97 Å². The Kier molecular flexibility index (Phi) is 17.0. The van der Waals surface area contributed by atoms with Gasteiger partial charge in [0.2, 0.25) is 0 Å². The van der Waals surface area contributed by atoms with E-state index in [0.29, 0.717) is 13.0 Å². The second kappa shape index (κ2) is 18.5. The summed E-state index contributed by atoms with van der Waals surface area (Å²) in [4.78, 5) is 11.8. The summed E-state index contributed by atoms with van der Waals surface area (Å²) in [5, 5.41) is 48.1. The van der Waals surface area contributed by atoms with Crippen LogP contribution in [0.5, 0.6) is 0 Å². The third-order valence-electron chi connectivity index (χ3n) is 6.23. The smallest absolute Gasteiger partial charge is 0.308 e. The average molecular weight is 479 g/mol. The van der Waals surface area contributed by atoms with Crippen LogP contribution in [-0.4, -0.2) is 88.6 Å². The highest BCUT2D eigenvalue weighted by Crippen LogP contribution is 2.25. The van der Waals surface area contributed by atoms with E-state index in [0.717, 1.165) is 32.1 Å². The molecule has 1 saturated heterocycles. The first kappa shape index (κ1) is 30.2. The van der Waals surface area contributed by atoms with E-state index in [1.165, 1.54) is 52.1 Å². The van der Waals surface area contributed by atoms with Gasteiger partial charge in [-0.25, -0.2) is 0 Å². The predicted molar refractivity (Wildman–Crippen MR) is 122 cm³/mol. The van der Waals surface area contributed by atoms with Gasteiger partial charge in [0, 0.05) is 6.61 Å². The van der Waals surface area contributed by atoms with Gasteiger partial charge in [0.25, 0.3) is 0 Å². The van der Waals surface area contributed by atoms with E-state index in [1.54, 1.807) is 0 Å². The maximum Gasteiger partial charge on any atom is 0.308 e. The minimum absolute atomic E-state index is 0.0101. The van der Waals surface area contributed by atoms with Crippen LogP contribution in [0.4, 0.5) is 0 Å². The summed E-state index contributed by atoms with van der Waals surface area (Å²) in [6, 6.07) is 0. The second-order valence-corrected chi connectivity index (χ2v) is 8.99. The number of aliphatic hydroxyl groups excluding tert-OH is 5. The molecule has 0 aromatic heterocycles. The lowest BCUT2D eigenvalue weighted by molar-refractivity contribution is -0.311. The second-order valence-electron chi connectivity index (χ2n) is 8.99. The Bertz CT molecular complexity index is 489. The lowest BCUT2D eigenvalue weighted by Gasteiger charge is -2.40. The van der Waals surface area contributed by atoms with Crippen LogP contribution in [0.2, 0.25) is 0 Å². The minimum atomic E-state index is -1.51. The van der Waals surface area contributed by atoms with Gasteiger partial charge in [-0.3, -0.25) is 4.79 Å². The van der Waals surface area contributed by atoms with Crippen molar-refractivity contribution >= 4 is 5.97 Å². The molecule has 5 N–H and O–H groups in total. The number of esters is 1. The highest BCUT2D eigenvalue weighted by Gasteiger charge is 2.44. The summed E-state index contributed by atoms with van der Waals surface area (Å²) in [5.74, 6) is -0.444. The molecule has 9 heteroatoms. The molecule has 0 unspecified atom stereocenters. The summed E-state index contributed by atoms with van der Waals surface area (Å²) in [6.45, 7) is -0.237. The molecule has 33 heavy (non-hydrogen) atoms. The molecule has 1 aliphatic rings. The molecule has 0 radical (unpaired) electrons. The maximum absolute atomic E-state index is 11.8. The molecule has 0 aromatic carbocycles. The number of hydrogen-bond donors (Lipinski definition) is 5. The van der Waals surface area contributed by atoms with E-state index in [1.807, 2.05) is 0 Å². The fourth-order valence-electron chi connectivity index (χ4n) is 4.11. The summed E-state index contributed by atoms with van der Waals surface area (Å²) in [5.41, 5.74) is 0. The van der Waals surface area contributed by atoms with Crippen molar-refractivity contribution in [3.8, 4) is 0 Å². The molecule has 0 saturated carbocycles. The van der Waals surface area contributed by atoms with E-state index in [9.17, 15) is 25.2 Å². The maximum atomic E-state index is 11.8. The number of unbranched alkanes of at least 4 members (excludes halogenated alkanes) is 11. The van der Waals surface area contributed by atoms with E-state index in [4.69, 9.17) is 19.3 Å². The number of rotatable bonds is 19. The molecule has 1 aliphatic heterocycles. The molecule has 0 spiro atoms. The van der Waals surface area contributed by atoms with Gasteiger partial charge in [0.05, 0.1) is 26.2 Å². The van der Waals surface area contributed by atoms with Crippen LogP contribution >= 0.6 is 0 Å². The Morgan fingerprint density at radius 3 is 1.79 bits per heavy atom. The van der Waals surface area contributed by atoms with Gasteiger partial charge in [-0.2, -0.15) is 0 Å². The quantitative estimate of drug-likeness (QED) is 0.138. The summed E-state index contributed by atoms with van der Waals surface area (Å²) < 4.78 is 15.9. The molecule has 9 nitrogen and oxygen atoms in total. The molecule has 1 fully saturated rings. The number of hydrogen-bond acceptors (Lipinski definition) is 9. The van der Waals surface area contributed by atoms with Crippen molar-refractivity contribution in [1.29, 1.82) is 0 Å². The van der Waals surface area contributed by atoms with Gasteiger partial charge in [-0.15, -0.1) is 0 Å². The molecular weight excluding hydrogens is 432 g/mol. The van der Waals surface area contributed by atoms with Crippen LogP contribution in [0.15, 0.2) is 0 Å². The minimum Gasteiger partial charge on any atom is -0.469 e. The van der Waals surface area contributed by atoms with Crippen LogP contribution < -0.4 is 0 Å². The SMILES string of the molecule is COC(=O)C[C@@H](CCCCCCCCCCCCCCO)O[C@@H]1O[C@H](CO)[C@@H](O)[C@H](O)[C@H]1O. The Labute approximate surface area is 198 Å². The molecule has 1 heterocycles. The lowest BCUT2D eigenvalue weighted by atomic mass is 9.99. The van der Waals surface area contributed by atoms with Gasteiger partial charge in [-0.1, -0.05) is 70.6 Å². The molecular formula is C24H46O9. The van der Waals surface area contributed by atoms with Crippen LogP contribution in [0.1, 0.15) is 89.9 Å². The molecule has 196 valence electrons. The summed E-state index contributed by atoms with van der Waals surface area (Å²) >= 11 is 0. The van der Waals surface area contributed by atoms with Crippen molar-refractivity contribution < 1.29 is 44.5 Å². The number of carbonyl (C=O) groups excluding carboxylic acids is 1. The normalized spacial score (nSPS) is 26.3. The molecule has 1 rings (SSSR count). The standard InChI is InChI=1S/C24H46O9/c1-31-20(27)16-18(32-24-23(30)22(29)21(28)19(17-26)33-24)14-12-10-8-6-4-2-3-5-7-9-11-13-15-25/h18-19,21-26,28-30H,2-17H2,1H3/t18-,19-,21-,22+,23-,24-/m1/s1. The van der Waals surface area contributed by atoms with Crippen molar-refractivity contribution in [2.24, 2.45) is 0 Å². The number of carbonyl (C=O) groups is 1. The topological polar surface area (TPSA) is 146 Å². The van der Waals surface area contributed by atoms with E-state index in [-0.39, 0.29) is 6.42 Å². The average Bonchev–Trinajstić information content (AvgIpc) is 2.82. The summed E-state index contributed by atoms with van der Waals surface area (Å²) in [6.07, 6.45) is 6.79. The monoisotopic (exact) mass is 478 g/mol.